The van der Waals surface area contributed by atoms with Crippen LogP contribution < -0.4 is 10.2 Å². The van der Waals surface area contributed by atoms with Crippen LogP contribution in [0.2, 0.25) is 0 Å². The quantitative estimate of drug-likeness (QED) is 0.846. The first kappa shape index (κ1) is 11.0. The normalized spacial score (nSPS) is 28.8. The van der Waals surface area contributed by atoms with Crippen molar-refractivity contribution in [2.45, 2.75) is 25.0 Å². The molecule has 92 valence electrons. The van der Waals surface area contributed by atoms with Gasteiger partial charge in [-0.25, -0.2) is 0 Å². The van der Waals surface area contributed by atoms with E-state index in [2.05, 4.69) is 21.3 Å². The molecule has 17 heavy (non-hydrogen) atoms. The molecule has 2 aliphatic heterocycles. The molecule has 4 nitrogen and oxygen atoms in total. The minimum absolute atomic E-state index is 0.389. The van der Waals surface area contributed by atoms with Gasteiger partial charge in [0.2, 0.25) is 0 Å². The van der Waals surface area contributed by atoms with Crippen LogP contribution in [-0.2, 0) is 4.74 Å². The summed E-state index contributed by atoms with van der Waals surface area (Å²) in [4.78, 5) is 6.53. The van der Waals surface area contributed by atoms with Gasteiger partial charge in [-0.15, -0.1) is 0 Å². The van der Waals surface area contributed by atoms with Crippen LogP contribution >= 0.6 is 0 Å². The smallest absolute Gasteiger partial charge is 0.0771 e. The predicted molar refractivity (Wildman–Crippen MR) is 67.2 cm³/mol. The monoisotopic (exact) mass is 233 g/mol. The number of pyridine rings is 1. The molecular weight excluding hydrogens is 214 g/mol. The lowest BCUT2D eigenvalue weighted by molar-refractivity contribution is 0.0116. The zero-order valence-corrected chi connectivity index (χ0v) is 10.0. The van der Waals surface area contributed by atoms with E-state index < -0.39 is 0 Å². The molecule has 0 bridgehead atoms. The van der Waals surface area contributed by atoms with Crippen molar-refractivity contribution < 1.29 is 4.74 Å². The molecule has 3 heterocycles. The number of nitrogens with one attached hydrogen (secondary N) is 1. The molecule has 2 fully saturated rings. The fourth-order valence-electron chi connectivity index (χ4n) is 2.63. The standard InChI is InChI=1S/C13H19N3O/c1-2-11(8-14-5-1)16-7-4-13(10-16)17-12-3-6-15-9-12/h1-2,5,8,12-13,15H,3-4,6-7,9-10H2. The highest BCUT2D eigenvalue weighted by atomic mass is 16.5. The molecule has 4 heteroatoms. The van der Waals surface area contributed by atoms with Crippen molar-refractivity contribution in [1.29, 1.82) is 0 Å². The highest BCUT2D eigenvalue weighted by Crippen LogP contribution is 2.22. The average molecular weight is 233 g/mol. The summed E-state index contributed by atoms with van der Waals surface area (Å²) < 4.78 is 6.10. The van der Waals surface area contributed by atoms with Gasteiger partial charge in [-0.1, -0.05) is 0 Å². The van der Waals surface area contributed by atoms with Crippen molar-refractivity contribution in [3.05, 3.63) is 24.5 Å². The van der Waals surface area contributed by atoms with Crippen molar-refractivity contribution in [2.75, 3.05) is 31.1 Å². The Bertz CT molecular complexity index is 351. The maximum Gasteiger partial charge on any atom is 0.0771 e. The number of anilines is 1. The first-order valence-corrected chi connectivity index (χ1v) is 6.43. The first-order valence-electron chi connectivity index (χ1n) is 6.43. The maximum absolute atomic E-state index is 6.10. The number of hydrogen-bond donors (Lipinski definition) is 1. The molecule has 0 radical (unpaired) electrons. The van der Waals surface area contributed by atoms with Crippen LogP contribution in [0.25, 0.3) is 0 Å². The number of hydrogen-bond acceptors (Lipinski definition) is 4. The summed E-state index contributed by atoms with van der Waals surface area (Å²) in [5.74, 6) is 0. The first-order chi connectivity index (χ1) is 8.42. The van der Waals surface area contributed by atoms with Gasteiger partial charge in [0.15, 0.2) is 0 Å². The molecule has 2 aliphatic rings. The van der Waals surface area contributed by atoms with Crippen LogP contribution in [0.1, 0.15) is 12.8 Å². The maximum atomic E-state index is 6.10. The summed E-state index contributed by atoms with van der Waals surface area (Å²) in [6.07, 6.45) is 6.85. The zero-order chi connectivity index (χ0) is 11.5. The zero-order valence-electron chi connectivity index (χ0n) is 10.0. The van der Waals surface area contributed by atoms with E-state index in [0.29, 0.717) is 12.2 Å². The number of aromatic nitrogens is 1. The molecule has 2 saturated heterocycles. The fraction of sp³-hybridized carbons (Fsp3) is 0.615. The Kier molecular flexibility index (Phi) is 3.25. The van der Waals surface area contributed by atoms with Gasteiger partial charge in [0.25, 0.3) is 0 Å². The fourth-order valence-corrected chi connectivity index (χ4v) is 2.63. The molecule has 0 aromatic carbocycles. The van der Waals surface area contributed by atoms with Gasteiger partial charge >= 0.3 is 0 Å². The Morgan fingerprint density at radius 2 is 2.35 bits per heavy atom. The van der Waals surface area contributed by atoms with Crippen molar-refractivity contribution in [3.8, 4) is 0 Å². The van der Waals surface area contributed by atoms with Gasteiger partial charge in [-0.05, 0) is 31.5 Å². The van der Waals surface area contributed by atoms with E-state index in [4.69, 9.17) is 4.74 Å². The molecule has 2 atom stereocenters. The Balaban J connectivity index is 1.55. The van der Waals surface area contributed by atoms with Gasteiger partial charge in [0.1, 0.15) is 0 Å². The Hall–Kier alpha value is -1.13. The molecule has 2 unspecified atom stereocenters. The summed E-state index contributed by atoms with van der Waals surface area (Å²) in [6.45, 7) is 4.20. The third-order valence-corrected chi connectivity index (χ3v) is 3.56. The second kappa shape index (κ2) is 5.02. The van der Waals surface area contributed by atoms with Crippen LogP contribution in [-0.4, -0.2) is 43.4 Å². The predicted octanol–water partition coefficient (Wildman–Crippen LogP) is 1.04. The summed E-state index contributed by atoms with van der Waals surface area (Å²) in [5.41, 5.74) is 1.21. The van der Waals surface area contributed by atoms with Gasteiger partial charge in [0, 0.05) is 25.8 Å². The lowest BCUT2D eigenvalue weighted by Gasteiger charge is -2.20. The van der Waals surface area contributed by atoms with Gasteiger partial charge in [-0.3, -0.25) is 4.98 Å². The Morgan fingerprint density at radius 3 is 3.12 bits per heavy atom. The number of ether oxygens (including phenoxy) is 1. The van der Waals surface area contributed by atoms with E-state index in [0.717, 1.165) is 39.0 Å². The third kappa shape index (κ3) is 2.58. The minimum Gasteiger partial charge on any atom is -0.372 e. The van der Waals surface area contributed by atoms with Gasteiger partial charge < -0.3 is 15.0 Å². The number of rotatable bonds is 3. The lowest BCUT2D eigenvalue weighted by atomic mass is 10.3. The van der Waals surface area contributed by atoms with Crippen molar-refractivity contribution in [1.82, 2.24) is 10.3 Å². The molecule has 3 rings (SSSR count). The second-order valence-corrected chi connectivity index (χ2v) is 4.82. The molecule has 1 N–H and O–H groups in total. The topological polar surface area (TPSA) is 37.4 Å². The summed E-state index contributed by atoms with van der Waals surface area (Å²) in [6, 6.07) is 4.11. The highest BCUT2D eigenvalue weighted by Gasteiger charge is 2.27. The summed E-state index contributed by atoms with van der Waals surface area (Å²) >= 11 is 0. The number of nitrogens with zero attached hydrogens (tertiary/aromatic N) is 2. The summed E-state index contributed by atoms with van der Waals surface area (Å²) in [7, 11) is 0. The SMILES string of the molecule is c1cncc(N2CCC(OC3CCNC3)C2)c1. The average Bonchev–Trinajstić information content (AvgIpc) is 3.02. The molecule has 1 aromatic rings. The molecule has 0 aliphatic carbocycles. The second-order valence-electron chi connectivity index (χ2n) is 4.82. The van der Waals surface area contributed by atoms with E-state index in [-0.39, 0.29) is 0 Å². The lowest BCUT2D eigenvalue weighted by Crippen LogP contribution is -2.27. The van der Waals surface area contributed by atoms with E-state index in [1.807, 2.05) is 18.5 Å². The van der Waals surface area contributed by atoms with E-state index >= 15 is 0 Å². The van der Waals surface area contributed by atoms with Crippen molar-refractivity contribution >= 4 is 5.69 Å². The van der Waals surface area contributed by atoms with E-state index in [9.17, 15) is 0 Å². The summed E-state index contributed by atoms with van der Waals surface area (Å²) in [5, 5.41) is 3.34. The van der Waals surface area contributed by atoms with Crippen molar-refractivity contribution in [3.63, 3.8) is 0 Å². The Labute approximate surface area is 102 Å². The molecule has 0 amide bonds. The van der Waals surface area contributed by atoms with Crippen LogP contribution in [0.4, 0.5) is 5.69 Å². The van der Waals surface area contributed by atoms with Crippen LogP contribution in [0.15, 0.2) is 24.5 Å². The largest absolute Gasteiger partial charge is 0.372 e. The minimum atomic E-state index is 0.389. The van der Waals surface area contributed by atoms with Crippen molar-refractivity contribution in [2.24, 2.45) is 0 Å². The van der Waals surface area contributed by atoms with Crippen LogP contribution in [0, 0.1) is 0 Å². The molecule has 0 saturated carbocycles. The highest BCUT2D eigenvalue weighted by molar-refractivity contribution is 5.44. The van der Waals surface area contributed by atoms with Crippen LogP contribution in [0.3, 0.4) is 0 Å². The Morgan fingerprint density at radius 1 is 1.35 bits per heavy atom. The van der Waals surface area contributed by atoms with Crippen LogP contribution in [0.5, 0.6) is 0 Å². The van der Waals surface area contributed by atoms with E-state index in [1.54, 1.807) is 0 Å². The third-order valence-electron chi connectivity index (χ3n) is 3.56. The van der Waals surface area contributed by atoms with Gasteiger partial charge in [0.05, 0.1) is 24.1 Å². The molecular formula is C13H19N3O. The molecule has 1 aromatic heterocycles. The molecule has 0 spiro atoms. The van der Waals surface area contributed by atoms with E-state index in [1.165, 1.54) is 5.69 Å². The van der Waals surface area contributed by atoms with Gasteiger partial charge in [-0.2, -0.15) is 0 Å².